The van der Waals surface area contributed by atoms with E-state index >= 15 is 0 Å². The third-order valence-electron chi connectivity index (χ3n) is 3.18. The normalized spacial score (nSPS) is 18.4. The molecule has 1 aliphatic heterocycles. The van der Waals surface area contributed by atoms with Crippen molar-refractivity contribution in [2.24, 2.45) is 0 Å². The molecule has 20 heavy (non-hydrogen) atoms. The summed E-state index contributed by atoms with van der Waals surface area (Å²) in [7, 11) is 0. The smallest absolute Gasteiger partial charge is 0.292 e. The summed E-state index contributed by atoms with van der Waals surface area (Å²) in [5, 5.41) is 9.67. The highest BCUT2D eigenvalue weighted by molar-refractivity contribution is 5.90. The van der Waals surface area contributed by atoms with Gasteiger partial charge in [0.05, 0.1) is 12.6 Å². The lowest BCUT2D eigenvalue weighted by Crippen LogP contribution is -2.28. The number of unbranched alkanes of at least 4 members (excludes halogenated alkanes) is 1. The molecular formula is C13H22N4O3. The molecule has 0 radical (unpaired) electrons. The maximum Gasteiger partial charge on any atom is 0.292 e. The Morgan fingerprint density at radius 3 is 3.20 bits per heavy atom. The van der Waals surface area contributed by atoms with Crippen LogP contribution in [0.1, 0.15) is 55.2 Å². The van der Waals surface area contributed by atoms with E-state index in [-0.39, 0.29) is 17.8 Å². The molecule has 0 spiro atoms. The molecule has 1 aromatic heterocycles. The van der Waals surface area contributed by atoms with Gasteiger partial charge in [-0.2, -0.15) is 4.98 Å². The summed E-state index contributed by atoms with van der Waals surface area (Å²) in [5.74, 6) is 0.256. The van der Waals surface area contributed by atoms with Crippen LogP contribution in [0, 0.1) is 0 Å². The van der Waals surface area contributed by atoms with E-state index in [4.69, 9.17) is 9.26 Å². The topological polar surface area (TPSA) is 89.3 Å². The average molecular weight is 282 g/mol. The van der Waals surface area contributed by atoms with E-state index in [9.17, 15) is 4.79 Å². The zero-order valence-electron chi connectivity index (χ0n) is 11.9. The van der Waals surface area contributed by atoms with E-state index in [0.717, 1.165) is 38.8 Å². The van der Waals surface area contributed by atoms with E-state index < -0.39 is 0 Å². The molecule has 1 atom stereocenters. The highest BCUT2D eigenvalue weighted by Gasteiger charge is 2.24. The Kier molecular flexibility index (Phi) is 5.94. The molecule has 1 aliphatic rings. The summed E-state index contributed by atoms with van der Waals surface area (Å²) in [6.45, 7) is 4.74. The van der Waals surface area contributed by atoms with Crippen molar-refractivity contribution in [1.29, 1.82) is 0 Å². The van der Waals surface area contributed by atoms with E-state index in [0.29, 0.717) is 19.0 Å². The lowest BCUT2D eigenvalue weighted by atomic mass is 10.2. The number of amides is 1. The van der Waals surface area contributed by atoms with Crippen LogP contribution in [0.3, 0.4) is 0 Å². The predicted octanol–water partition coefficient (Wildman–Crippen LogP) is 1.04. The fourth-order valence-electron chi connectivity index (χ4n) is 2.03. The molecule has 1 amide bonds. The van der Waals surface area contributed by atoms with E-state index in [2.05, 4.69) is 27.7 Å². The van der Waals surface area contributed by atoms with E-state index in [1.807, 2.05) is 0 Å². The van der Waals surface area contributed by atoms with Crippen molar-refractivity contribution < 1.29 is 14.1 Å². The number of hydrogen-bond donors (Lipinski definition) is 2. The molecule has 7 nitrogen and oxygen atoms in total. The Morgan fingerprint density at radius 1 is 1.55 bits per heavy atom. The zero-order valence-corrected chi connectivity index (χ0v) is 11.9. The van der Waals surface area contributed by atoms with Gasteiger partial charge in [-0.15, -0.1) is 0 Å². The van der Waals surface area contributed by atoms with Gasteiger partial charge in [0.2, 0.25) is 5.89 Å². The summed E-state index contributed by atoms with van der Waals surface area (Å²) in [6.07, 6.45) is 4.20. The molecule has 2 N–H and O–H groups in total. The minimum Gasteiger partial charge on any atom is -0.380 e. The minimum atomic E-state index is -0.322. The van der Waals surface area contributed by atoms with Gasteiger partial charge in [0.15, 0.2) is 0 Å². The average Bonchev–Trinajstić information content (AvgIpc) is 3.12. The van der Waals surface area contributed by atoms with Crippen molar-refractivity contribution in [3.8, 4) is 0 Å². The van der Waals surface area contributed by atoms with Gasteiger partial charge >= 0.3 is 0 Å². The molecule has 7 heteroatoms. The quantitative estimate of drug-likeness (QED) is 0.693. The number of rotatable bonds is 8. The number of ether oxygens (including phenoxy) is 1. The second-order valence-corrected chi connectivity index (χ2v) is 4.83. The van der Waals surface area contributed by atoms with Crippen molar-refractivity contribution in [2.45, 2.75) is 38.6 Å². The monoisotopic (exact) mass is 282 g/mol. The maximum absolute atomic E-state index is 11.8. The van der Waals surface area contributed by atoms with Crippen LogP contribution in [0.4, 0.5) is 0 Å². The molecule has 0 aliphatic carbocycles. The van der Waals surface area contributed by atoms with Crippen LogP contribution < -0.4 is 10.6 Å². The summed E-state index contributed by atoms with van der Waals surface area (Å²) in [6, 6.07) is 0.0847. The first-order chi connectivity index (χ1) is 9.81. The fraction of sp³-hybridized carbons (Fsp3) is 0.769. The fourth-order valence-corrected chi connectivity index (χ4v) is 2.03. The molecule has 2 rings (SSSR count). The molecule has 1 saturated heterocycles. The molecule has 1 fully saturated rings. The van der Waals surface area contributed by atoms with Gasteiger partial charge < -0.3 is 19.9 Å². The van der Waals surface area contributed by atoms with Crippen LogP contribution in [-0.4, -0.2) is 42.4 Å². The van der Waals surface area contributed by atoms with Gasteiger partial charge in [-0.25, -0.2) is 0 Å². The number of aromatic nitrogens is 2. The lowest BCUT2D eigenvalue weighted by Gasteiger charge is -2.04. The van der Waals surface area contributed by atoms with Crippen molar-refractivity contribution in [3.63, 3.8) is 0 Å². The molecule has 112 valence electrons. The summed E-state index contributed by atoms with van der Waals surface area (Å²) < 4.78 is 10.5. The molecule has 0 saturated carbocycles. The summed E-state index contributed by atoms with van der Waals surface area (Å²) in [4.78, 5) is 15.9. The van der Waals surface area contributed by atoms with Crippen LogP contribution in [0.25, 0.3) is 0 Å². The van der Waals surface area contributed by atoms with E-state index in [1.165, 1.54) is 0 Å². The lowest BCUT2D eigenvalue weighted by molar-refractivity contribution is 0.0900. The first-order valence-electron chi connectivity index (χ1n) is 7.24. The van der Waals surface area contributed by atoms with Crippen molar-refractivity contribution in [2.75, 3.05) is 26.3 Å². The minimum absolute atomic E-state index is 0.0847. The van der Waals surface area contributed by atoms with Gasteiger partial charge in [0.25, 0.3) is 11.7 Å². The maximum atomic E-state index is 11.8. The van der Waals surface area contributed by atoms with Gasteiger partial charge in [0.1, 0.15) is 0 Å². The van der Waals surface area contributed by atoms with Crippen molar-refractivity contribution in [1.82, 2.24) is 20.8 Å². The Morgan fingerprint density at radius 2 is 2.45 bits per heavy atom. The molecular weight excluding hydrogens is 260 g/mol. The number of nitrogens with zero attached hydrogens (tertiary/aromatic N) is 2. The second kappa shape index (κ2) is 7.96. The Labute approximate surface area is 118 Å². The van der Waals surface area contributed by atoms with E-state index in [1.54, 1.807) is 0 Å². The summed E-state index contributed by atoms with van der Waals surface area (Å²) in [5.41, 5.74) is 0. The number of nitrogens with one attached hydrogen (secondary N) is 2. The molecule has 1 aromatic rings. The molecule has 0 bridgehead atoms. The third-order valence-corrected chi connectivity index (χ3v) is 3.18. The van der Waals surface area contributed by atoms with Gasteiger partial charge in [-0.3, -0.25) is 4.79 Å². The Bertz CT molecular complexity index is 416. The zero-order chi connectivity index (χ0) is 14.2. The van der Waals surface area contributed by atoms with Crippen LogP contribution in [0.5, 0.6) is 0 Å². The molecule has 2 heterocycles. The Balaban J connectivity index is 1.69. The van der Waals surface area contributed by atoms with Gasteiger partial charge in [0, 0.05) is 13.2 Å². The number of carbonyl (C=O) groups excluding carboxylic acids is 1. The highest BCUT2D eigenvalue weighted by Crippen LogP contribution is 2.20. The SMILES string of the molecule is CCCCOCCNC(=O)c1noc(C2CCCN2)n1. The van der Waals surface area contributed by atoms with Gasteiger partial charge in [-0.05, 0) is 25.8 Å². The first-order valence-corrected chi connectivity index (χ1v) is 7.24. The third kappa shape index (κ3) is 4.28. The largest absolute Gasteiger partial charge is 0.380 e. The standard InChI is InChI=1S/C13H22N4O3/c1-2-3-8-19-9-7-15-12(18)11-16-13(20-17-11)10-5-4-6-14-10/h10,14H,2-9H2,1H3,(H,15,18). The summed E-state index contributed by atoms with van der Waals surface area (Å²) >= 11 is 0. The van der Waals surface area contributed by atoms with Crippen LogP contribution in [0.2, 0.25) is 0 Å². The molecule has 0 aromatic carbocycles. The van der Waals surface area contributed by atoms with Gasteiger partial charge in [-0.1, -0.05) is 18.5 Å². The van der Waals surface area contributed by atoms with Crippen LogP contribution in [0.15, 0.2) is 4.52 Å². The van der Waals surface area contributed by atoms with Crippen LogP contribution in [-0.2, 0) is 4.74 Å². The number of hydrogen-bond acceptors (Lipinski definition) is 6. The van der Waals surface area contributed by atoms with Crippen LogP contribution >= 0.6 is 0 Å². The molecule has 1 unspecified atom stereocenters. The second-order valence-electron chi connectivity index (χ2n) is 4.83. The first kappa shape index (κ1) is 14.9. The highest BCUT2D eigenvalue weighted by atomic mass is 16.5. The van der Waals surface area contributed by atoms with Crippen molar-refractivity contribution in [3.05, 3.63) is 11.7 Å². The predicted molar refractivity (Wildman–Crippen MR) is 72.3 cm³/mol. The number of carbonyl (C=O) groups is 1. The Hall–Kier alpha value is -1.47. The van der Waals surface area contributed by atoms with Crippen molar-refractivity contribution >= 4 is 5.91 Å².